The number of rotatable bonds is 1. The molecule has 116 valence electrons. The average Bonchev–Trinajstić information content (AvgIpc) is 2.93. The maximum atomic E-state index is 2.44. The number of aromatic nitrogens is 2. The molecule has 23 heavy (non-hydrogen) atoms. The fourth-order valence-electron chi connectivity index (χ4n) is 4.29. The second-order valence-electron chi connectivity index (χ2n) is 7.08. The van der Waals surface area contributed by atoms with Crippen LogP contribution >= 0.6 is 0 Å². The van der Waals surface area contributed by atoms with Crippen LogP contribution in [0.15, 0.2) is 48.5 Å². The minimum atomic E-state index is 0.0272. The summed E-state index contributed by atoms with van der Waals surface area (Å²) in [5, 5.41) is 0. The quantitative estimate of drug-likeness (QED) is 0.592. The molecule has 1 aromatic heterocycles. The Morgan fingerprint density at radius 1 is 0.870 bits per heavy atom. The lowest BCUT2D eigenvalue weighted by Gasteiger charge is -2.17. The van der Waals surface area contributed by atoms with Gasteiger partial charge < -0.3 is 0 Å². The van der Waals surface area contributed by atoms with E-state index in [1.54, 1.807) is 0 Å². The Bertz CT molecular complexity index is 929. The van der Waals surface area contributed by atoms with Crippen LogP contribution in [0.2, 0.25) is 0 Å². The van der Waals surface area contributed by atoms with Crippen molar-refractivity contribution in [3.63, 3.8) is 0 Å². The van der Waals surface area contributed by atoms with Crippen molar-refractivity contribution in [2.24, 2.45) is 0 Å². The molecule has 1 aliphatic heterocycles. The van der Waals surface area contributed by atoms with E-state index < -0.39 is 0 Å². The number of fused-ring (bicyclic) bond motifs is 3. The van der Waals surface area contributed by atoms with E-state index in [0.29, 0.717) is 0 Å². The Kier molecular flexibility index (Phi) is 2.84. The molecular weight excluding hydrogens is 280 g/mol. The molecular formula is C21H23N2+. The zero-order valence-electron chi connectivity index (χ0n) is 14.5. The van der Waals surface area contributed by atoms with Gasteiger partial charge in [-0.3, -0.25) is 0 Å². The second-order valence-corrected chi connectivity index (χ2v) is 7.08. The molecule has 0 aliphatic carbocycles. The van der Waals surface area contributed by atoms with Crippen molar-refractivity contribution in [1.29, 1.82) is 0 Å². The van der Waals surface area contributed by atoms with Gasteiger partial charge >= 0.3 is 0 Å². The van der Waals surface area contributed by atoms with Crippen LogP contribution in [0.4, 0.5) is 0 Å². The van der Waals surface area contributed by atoms with Crippen molar-refractivity contribution < 1.29 is 4.57 Å². The third-order valence-electron chi connectivity index (χ3n) is 5.32. The molecule has 0 spiro atoms. The highest BCUT2D eigenvalue weighted by Gasteiger charge is 2.46. The van der Waals surface area contributed by atoms with Crippen molar-refractivity contribution in [3.8, 4) is 11.4 Å². The van der Waals surface area contributed by atoms with Gasteiger partial charge in [-0.25, -0.2) is 0 Å². The average molecular weight is 303 g/mol. The Hall–Kier alpha value is -2.35. The monoisotopic (exact) mass is 303 g/mol. The van der Waals surface area contributed by atoms with E-state index in [-0.39, 0.29) is 5.41 Å². The topological polar surface area (TPSA) is 8.81 Å². The van der Waals surface area contributed by atoms with E-state index in [0.717, 1.165) is 0 Å². The first-order valence-corrected chi connectivity index (χ1v) is 8.25. The van der Waals surface area contributed by atoms with Gasteiger partial charge in [0, 0.05) is 19.4 Å². The van der Waals surface area contributed by atoms with Gasteiger partial charge in [0.15, 0.2) is 5.69 Å². The number of hydrogen-bond acceptors (Lipinski definition) is 0. The lowest BCUT2D eigenvalue weighted by molar-refractivity contribution is -0.605. The van der Waals surface area contributed by atoms with Crippen molar-refractivity contribution in [1.82, 2.24) is 4.57 Å². The molecule has 0 saturated carbocycles. The molecule has 0 radical (unpaired) electrons. The standard InChI is InChI=1S/C21H23N2/c1-14-10-6-8-12-18(14)22-15(2)20-21(4,5)17-11-7-9-13-19(17)23(20)16(22)3/h6-13H,1-5H3/q+1. The number of benzene rings is 2. The molecule has 3 aromatic rings. The first-order valence-electron chi connectivity index (χ1n) is 8.25. The highest BCUT2D eigenvalue weighted by atomic mass is 15.2. The largest absolute Gasteiger partial charge is 0.264 e. The molecule has 0 bridgehead atoms. The number of nitrogens with zero attached hydrogens (tertiary/aromatic N) is 2. The van der Waals surface area contributed by atoms with Gasteiger partial charge in [0.2, 0.25) is 0 Å². The molecule has 2 heterocycles. The Morgan fingerprint density at radius 2 is 1.52 bits per heavy atom. The van der Waals surface area contributed by atoms with Crippen LogP contribution in [-0.4, -0.2) is 4.57 Å². The van der Waals surface area contributed by atoms with Crippen LogP contribution in [0.3, 0.4) is 0 Å². The summed E-state index contributed by atoms with van der Waals surface area (Å²) in [6.45, 7) is 11.3. The molecule has 2 nitrogen and oxygen atoms in total. The van der Waals surface area contributed by atoms with Crippen molar-refractivity contribution in [2.75, 3.05) is 0 Å². The molecule has 2 heteroatoms. The minimum Gasteiger partial charge on any atom is -0.197 e. The molecule has 0 fully saturated rings. The minimum absolute atomic E-state index is 0.0272. The normalized spacial score (nSPS) is 14.7. The predicted molar refractivity (Wildman–Crippen MR) is 93.6 cm³/mol. The Balaban J connectivity index is 2.10. The number of aryl methyl sites for hydroxylation is 1. The zero-order chi connectivity index (χ0) is 16.4. The van der Waals surface area contributed by atoms with E-state index >= 15 is 0 Å². The lowest BCUT2D eigenvalue weighted by atomic mass is 9.82. The van der Waals surface area contributed by atoms with Crippen LogP contribution in [0, 0.1) is 20.8 Å². The van der Waals surface area contributed by atoms with Crippen molar-refractivity contribution in [2.45, 2.75) is 40.0 Å². The van der Waals surface area contributed by atoms with Crippen LogP contribution < -0.4 is 4.57 Å². The highest BCUT2D eigenvalue weighted by Crippen LogP contribution is 2.41. The van der Waals surface area contributed by atoms with Gasteiger partial charge in [0.1, 0.15) is 17.1 Å². The zero-order valence-corrected chi connectivity index (χ0v) is 14.5. The predicted octanol–water partition coefficient (Wildman–Crippen LogP) is 4.32. The van der Waals surface area contributed by atoms with Crippen LogP contribution in [0.25, 0.3) is 11.4 Å². The van der Waals surface area contributed by atoms with Gasteiger partial charge in [0.05, 0.1) is 5.41 Å². The van der Waals surface area contributed by atoms with Crippen LogP contribution in [-0.2, 0) is 5.41 Å². The third-order valence-corrected chi connectivity index (χ3v) is 5.32. The summed E-state index contributed by atoms with van der Waals surface area (Å²) >= 11 is 0. The van der Waals surface area contributed by atoms with E-state index in [1.807, 2.05) is 0 Å². The van der Waals surface area contributed by atoms with Crippen LogP contribution in [0.5, 0.6) is 0 Å². The van der Waals surface area contributed by atoms with Crippen molar-refractivity contribution >= 4 is 0 Å². The number of imidazole rings is 1. The fourth-order valence-corrected chi connectivity index (χ4v) is 4.29. The fraction of sp³-hybridized carbons (Fsp3) is 0.286. The van der Waals surface area contributed by atoms with Crippen LogP contribution in [0.1, 0.15) is 42.2 Å². The smallest absolute Gasteiger partial charge is 0.197 e. The third kappa shape index (κ3) is 1.72. The molecule has 0 unspecified atom stereocenters. The van der Waals surface area contributed by atoms with E-state index in [9.17, 15) is 0 Å². The highest BCUT2D eigenvalue weighted by molar-refractivity contribution is 5.52. The first-order chi connectivity index (χ1) is 10.9. The summed E-state index contributed by atoms with van der Waals surface area (Å²) in [5.74, 6) is 1.27. The Morgan fingerprint density at radius 3 is 2.26 bits per heavy atom. The maximum absolute atomic E-state index is 2.44. The molecule has 0 amide bonds. The van der Waals surface area contributed by atoms with E-state index in [2.05, 4.69) is 92.3 Å². The molecule has 0 saturated heterocycles. The Labute approximate surface area is 138 Å². The van der Waals surface area contributed by atoms with Gasteiger partial charge in [-0.1, -0.05) is 36.4 Å². The summed E-state index contributed by atoms with van der Waals surface area (Å²) in [5.41, 5.74) is 8.08. The summed E-state index contributed by atoms with van der Waals surface area (Å²) in [7, 11) is 0. The molecule has 4 rings (SSSR count). The van der Waals surface area contributed by atoms with E-state index in [1.165, 1.54) is 39.7 Å². The second kappa shape index (κ2) is 4.58. The number of para-hydroxylation sites is 2. The van der Waals surface area contributed by atoms with Gasteiger partial charge in [-0.05, 0) is 38.5 Å². The van der Waals surface area contributed by atoms with Gasteiger partial charge in [0.25, 0.3) is 5.82 Å². The lowest BCUT2D eigenvalue weighted by Crippen LogP contribution is -2.35. The molecule has 0 N–H and O–H groups in total. The van der Waals surface area contributed by atoms with Crippen molar-refractivity contribution in [3.05, 3.63) is 76.9 Å². The maximum Gasteiger partial charge on any atom is 0.264 e. The molecule has 0 atom stereocenters. The molecule has 1 aliphatic rings. The first kappa shape index (κ1) is 14.3. The van der Waals surface area contributed by atoms with E-state index in [4.69, 9.17) is 0 Å². The number of hydrogen-bond donors (Lipinski definition) is 0. The summed E-state index contributed by atoms with van der Waals surface area (Å²) in [4.78, 5) is 0. The summed E-state index contributed by atoms with van der Waals surface area (Å²) in [6, 6.07) is 17.4. The summed E-state index contributed by atoms with van der Waals surface area (Å²) < 4.78 is 4.85. The summed E-state index contributed by atoms with van der Waals surface area (Å²) in [6.07, 6.45) is 0. The molecule has 2 aromatic carbocycles. The SMILES string of the molecule is Cc1ccccc1-n1c(C)c2[n+](c1C)-c1ccccc1C2(C)C. The van der Waals surface area contributed by atoms with Gasteiger partial charge in [-0.15, -0.1) is 0 Å². The van der Waals surface area contributed by atoms with Gasteiger partial charge in [-0.2, -0.15) is 9.13 Å².